The number of nitrogens with zero attached hydrogens (tertiary/aromatic N) is 1. The Kier molecular flexibility index (Phi) is 17.3. The van der Waals surface area contributed by atoms with Crippen LogP contribution < -0.4 is 27.0 Å². The summed E-state index contributed by atoms with van der Waals surface area (Å²) in [5.41, 5.74) is 5.93. The van der Waals surface area contributed by atoms with Gasteiger partial charge >= 0.3 is 0 Å². The van der Waals surface area contributed by atoms with E-state index in [2.05, 4.69) is 28.2 Å². The molecule has 0 aromatic carbocycles. The molecule has 1 saturated carbocycles. The highest BCUT2D eigenvalue weighted by molar-refractivity contribution is 5.96. The number of likely N-dealkylation sites (N-methyl/N-ethyl adjacent to an activating group) is 1. The summed E-state index contributed by atoms with van der Waals surface area (Å²) in [4.78, 5) is 70.4. The fraction of sp³-hybridized carbons (Fsp3) is 0.857. The van der Waals surface area contributed by atoms with Crippen molar-refractivity contribution in [3.8, 4) is 0 Å². The van der Waals surface area contributed by atoms with Gasteiger partial charge in [-0.15, -0.1) is 0 Å². The molecule has 2 aliphatic rings. The number of nitrogens with two attached hydrogens (primary N) is 1. The summed E-state index contributed by atoms with van der Waals surface area (Å²) >= 11 is 0. The normalized spacial score (nSPS) is 30.9. The summed E-state index contributed by atoms with van der Waals surface area (Å²) in [5, 5.41) is 21.4. The molecule has 0 aromatic rings. The average molecular weight is 681 g/mol. The Morgan fingerprint density at radius 1 is 0.875 bits per heavy atom. The molecule has 7 N–H and O–H groups in total. The maximum absolute atomic E-state index is 14.2. The Balaban J connectivity index is 2.61. The Bertz CT molecular complexity index is 1070. The zero-order valence-electron chi connectivity index (χ0n) is 30.6. The minimum absolute atomic E-state index is 0.0635. The van der Waals surface area contributed by atoms with Gasteiger partial charge in [0.05, 0.1) is 18.1 Å². The Hall–Kier alpha value is -2.77. The van der Waals surface area contributed by atoms with Crippen LogP contribution in [-0.4, -0.2) is 95.7 Å². The predicted molar refractivity (Wildman–Crippen MR) is 184 cm³/mol. The van der Waals surface area contributed by atoms with Crippen molar-refractivity contribution in [1.29, 1.82) is 0 Å². The van der Waals surface area contributed by atoms with Crippen LogP contribution in [0.5, 0.6) is 0 Å². The molecular formula is C35H64N6O7. The van der Waals surface area contributed by atoms with Crippen LogP contribution in [0.2, 0.25) is 0 Å². The number of nitrogens with one attached hydrogen (secondary N) is 4. The van der Waals surface area contributed by atoms with Crippen LogP contribution in [-0.2, 0) is 28.7 Å². The highest BCUT2D eigenvalue weighted by Gasteiger charge is 2.40. The number of unbranched alkanes of at least 4 members (excludes halogenated alkanes) is 2. The SMILES string of the molecule is CCCCCC(C)[C@H]1O[C@@H](C)NC(=O)[C@H]([C@H](C)O)NC(=O)[C@H](CN)NC(=O)[C@H](C2CCCCC2)NC(=O)[C@H](CC(C)C)N(C)C(=O)C1C. The number of amides is 5. The van der Waals surface area contributed by atoms with Gasteiger partial charge in [-0.3, -0.25) is 24.0 Å². The molecule has 0 spiro atoms. The van der Waals surface area contributed by atoms with Crippen molar-refractivity contribution in [2.24, 2.45) is 29.4 Å². The standard InChI is InChI=1S/C35H64N6O7/c1-9-10-12-15-21(4)30-22(5)35(47)41(8)27(18-20(2)3)32(44)40-29(25-16-13-11-14-17-25)34(46)38-26(19-36)31(43)39-28(23(6)42)33(45)37-24(7)48-30/h20-30,42H,9-19,36H2,1-8H3,(H,37,45)(H,38,46)(H,39,43)(H,40,44)/t21?,22?,23-,24-,26-,27-,28-,29-,30+/m0/s1. The molecule has 0 bridgehead atoms. The van der Waals surface area contributed by atoms with Crippen LogP contribution in [0.3, 0.4) is 0 Å². The van der Waals surface area contributed by atoms with E-state index in [1.807, 2.05) is 20.8 Å². The van der Waals surface area contributed by atoms with Crippen molar-refractivity contribution in [3.63, 3.8) is 0 Å². The molecule has 2 fully saturated rings. The van der Waals surface area contributed by atoms with Crippen LogP contribution in [0.25, 0.3) is 0 Å². The molecule has 13 nitrogen and oxygen atoms in total. The Morgan fingerprint density at radius 2 is 1.52 bits per heavy atom. The molecule has 48 heavy (non-hydrogen) atoms. The topological polar surface area (TPSA) is 192 Å². The van der Waals surface area contributed by atoms with E-state index in [0.29, 0.717) is 6.42 Å². The molecule has 2 unspecified atom stereocenters. The van der Waals surface area contributed by atoms with Crippen molar-refractivity contribution in [3.05, 3.63) is 0 Å². The lowest BCUT2D eigenvalue weighted by molar-refractivity contribution is -0.153. The van der Waals surface area contributed by atoms with Crippen LogP contribution in [0, 0.1) is 23.7 Å². The molecule has 2 rings (SSSR count). The van der Waals surface area contributed by atoms with Gasteiger partial charge in [-0.05, 0) is 57.3 Å². The van der Waals surface area contributed by atoms with Gasteiger partial charge in [-0.25, -0.2) is 0 Å². The van der Waals surface area contributed by atoms with Gasteiger partial charge in [0.1, 0.15) is 30.4 Å². The summed E-state index contributed by atoms with van der Waals surface area (Å²) in [6, 6.07) is -4.41. The lowest BCUT2D eigenvalue weighted by Gasteiger charge is -2.38. The van der Waals surface area contributed by atoms with Gasteiger partial charge in [0, 0.05) is 13.6 Å². The van der Waals surface area contributed by atoms with Crippen molar-refractivity contribution in [2.45, 2.75) is 155 Å². The fourth-order valence-corrected chi connectivity index (χ4v) is 6.95. The number of aliphatic hydroxyl groups excluding tert-OH is 1. The lowest BCUT2D eigenvalue weighted by Crippen LogP contribution is -2.63. The van der Waals surface area contributed by atoms with Crippen LogP contribution >= 0.6 is 0 Å². The summed E-state index contributed by atoms with van der Waals surface area (Å²) in [6.07, 6.45) is 5.64. The second-order valence-electron chi connectivity index (χ2n) is 14.5. The Morgan fingerprint density at radius 3 is 2.08 bits per heavy atom. The van der Waals surface area contributed by atoms with E-state index in [9.17, 15) is 29.1 Å². The number of carbonyl (C=O) groups is 5. The van der Waals surface area contributed by atoms with E-state index in [1.54, 1.807) is 20.9 Å². The molecule has 0 aromatic heterocycles. The van der Waals surface area contributed by atoms with E-state index in [-0.39, 0.29) is 30.2 Å². The third-order valence-electron chi connectivity index (χ3n) is 9.86. The van der Waals surface area contributed by atoms with Gasteiger partial charge in [-0.1, -0.05) is 73.1 Å². The van der Waals surface area contributed by atoms with E-state index >= 15 is 0 Å². The number of hydrogen-bond donors (Lipinski definition) is 6. The second kappa shape index (κ2) is 20.0. The van der Waals surface area contributed by atoms with Gasteiger partial charge in [-0.2, -0.15) is 0 Å². The lowest BCUT2D eigenvalue weighted by atomic mass is 9.83. The average Bonchev–Trinajstić information content (AvgIpc) is 3.04. The molecule has 9 atom stereocenters. The van der Waals surface area contributed by atoms with Crippen molar-refractivity contribution in [2.75, 3.05) is 13.6 Å². The van der Waals surface area contributed by atoms with Crippen LogP contribution in [0.4, 0.5) is 0 Å². The van der Waals surface area contributed by atoms with Crippen LogP contribution in [0.15, 0.2) is 0 Å². The highest BCUT2D eigenvalue weighted by atomic mass is 16.5. The minimum Gasteiger partial charge on any atom is -0.391 e. The monoisotopic (exact) mass is 680 g/mol. The Labute approximate surface area is 287 Å². The predicted octanol–water partition coefficient (Wildman–Crippen LogP) is 1.95. The zero-order chi connectivity index (χ0) is 36.1. The first-order valence-electron chi connectivity index (χ1n) is 18.1. The van der Waals surface area contributed by atoms with E-state index in [0.717, 1.165) is 57.8 Å². The van der Waals surface area contributed by atoms with E-state index < -0.39 is 72.1 Å². The molecule has 1 saturated heterocycles. The third-order valence-corrected chi connectivity index (χ3v) is 9.86. The summed E-state index contributed by atoms with van der Waals surface area (Å²) in [7, 11) is 1.62. The van der Waals surface area contributed by atoms with Crippen molar-refractivity contribution in [1.82, 2.24) is 26.2 Å². The zero-order valence-corrected chi connectivity index (χ0v) is 30.6. The van der Waals surface area contributed by atoms with Gasteiger partial charge in [0.25, 0.3) is 0 Å². The first kappa shape index (κ1) is 41.4. The minimum atomic E-state index is -1.37. The van der Waals surface area contributed by atoms with Crippen LogP contribution in [0.1, 0.15) is 113 Å². The van der Waals surface area contributed by atoms with Crippen molar-refractivity contribution < 1.29 is 33.8 Å². The molecular weight excluding hydrogens is 616 g/mol. The fourth-order valence-electron chi connectivity index (χ4n) is 6.95. The van der Waals surface area contributed by atoms with E-state index in [4.69, 9.17) is 10.5 Å². The first-order chi connectivity index (χ1) is 22.6. The molecule has 5 amide bonds. The maximum Gasteiger partial charge on any atom is 0.247 e. The number of carbonyl (C=O) groups excluding carboxylic acids is 5. The smallest absolute Gasteiger partial charge is 0.247 e. The maximum atomic E-state index is 14.2. The molecule has 0 radical (unpaired) electrons. The highest BCUT2D eigenvalue weighted by Crippen LogP contribution is 2.29. The molecule has 1 aliphatic carbocycles. The second-order valence-corrected chi connectivity index (χ2v) is 14.5. The summed E-state index contributed by atoms with van der Waals surface area (Å²) in [6.45, 7) is 12.6. The molecule has 13 heteroatoms. The largest absolute Gasteiger partial charge is 0.391 e. The van der Waals surface area contributed by atoms with Gasteiger partial charge < -0.3 is 41.7 Å². The molecule has 1 aliphatic heterocycles. The molecule has 1 heterocycles. The summed E-state index contributed by atoms with van der Waals surface area (Å²) < 4.78 is 6.39. The van der Waals surface area contributed by atoms with Crippen molar-refractivity contribution >= 4 is 29.5 Å². The number of ether oxygens (including phenoxy) is 1. The molecule has 276 valence electrons. The van der Waals surface area contributed by atoms with Gasteiger partial charge in [0.15, 0.2) is 0 Å². The number of hydrogen-bond acceptors (Lipinski definition) is 8. The summed E-state index contributed by atoms with van der Waals surface area (Å²) in [5.74, 6) is -3.56. The number of rotatable bonds is 10. The number of aliphatic hydroxyl groups is 1. The quantitative estimate of drug-likeness (QED) is 0.189. The van der Waals surface area contributed by atoms with Gasteiger partial charge in [0.2, 0.25) is 29.5 Å². The third kappa shape index (κ3) is 12.0. The van der Waals surface area contributed by atoms with E-state index in [1.165, 1.54) is 11.8 Å². The first-order valence-corrected chi connectivity index (χ1v) is 18.1.